The Kier molecular flexibility index (Phi) is 5.16. The van der Waals surface area contributed by atoms with Gasteiger partial charge in [-0.25, -0.2) is 0 Å². The van der Waals surface area contributed by atoms with Crippen molar-refractivity contribution in [2.45, 2.75) is 44.2 Å². The highest BCUT2D eigenvalue weighted by Gasteiger charge is 2.23. The lowest BCUT2D eigenvalue weighted by Crippen LogP contribution is -2.34. The molecule has 1 aromatic carbocycles. The van der Waals surface area contributed by atoms with Crippen LogP contribution in [0.2, 0.25) is 0 Å². The Labute approximate surface area is 123 Å². The van der Waals surface area contributed by atoms with Gasteiger partial charge in [-0.3, -0.25) is 9.59 Å². The van der Waals surface area contributed by atoms with Crippen molar-refractivity contribution in [1.82, 2.24) is 5.32 Å². The molecule has 6 nitrogen and oxygen atoms in total. The third-order valence-electron chi connectivity index (χ3n) is 3.55. The molecule has 0 unspecified atom stereocenters. The molecular formula is C15H21N3O3. The summed E-state index contributed by atoms with van der Waals surface area (Å²) in [4.78, 5) is 23.5. The van der Waals surface area contributed by atoms with E-state index < -0.39 is 0 Å². The second kappa shape index (κ2) is 7.08. The monoisotopic (exact) mass is 291 g/mol. The summed E-state index contributed by atoms with van der Waals surface area (Å²) in [7, 11) is 0. The van der Waals surface area contributed by atoms with Crippen LogP contribution < -0.4 is 16.4 Å². The molecule has 0 spiro atoms. The highest BCUT2D eigenvalue weighted by molar-refractivity contribution is 5.93. The van der Waals surface area contributed by atoms with Gasteiger partial charge in [-0.2, -0.15) is 0 Å². The summed E-state index contributed by atoms with van der Waals surface area (Å²) in [5, 5.41) is 14.8. The van der Waals surface area contributed by atoms with Crippen LogP contribution in [0.5, 0.6) is 5.75 Å². The third-order valence-corrected chi connectivity index (χ3v) is 3.55. The molecule has 0 heterocycles. The van der Waals surface area contributed by atoms with E-state index in [1.54, 1.807) is 12.1 Å². The van der Waals surface area contributed by atoms with Crippen LogP contribution in [0.3, 0.4) is 0 Å². The molecule has 1 aliphatic carbocycles. The molecule has 0 aliphatic heterocycles. The fourth-order valence-corrected chi connectivity index (χ4v) is 2.48. The first-order chi connectivity index (χ1) is 10.0. The number of phenols is 1. The normalized spacial score (nSPS) is 21.0. The lowest BCUT2D eigenvalue weighted by Gasteiger charge is -2.12. The van der Waals surface area contributed by atoms with Gasteiger partial charge in [0.15, 0.2) is 0 Å². The van der Waals surface area contributed by atoms with Crippen LogP contribution in [0, 0.1) is 0 Å². The summed E-state index contributed by atoms with van der Waals surface area (Å²) in [6.45, 7) is 0. The van der Waals surface area contributed by atoms with E-state index in [9.17, 15) is 14.7 Å². The van der Waals surface area contributed by atoms with Gasteiger partial charge >= 0.3 is 0 Å². The van der Waals surface area contributed by atoms with Crippen molar-refractivity contribution in [2.24, 2.45) is 5.73 Å². The predicted molar refractivity (Wildman–Crippen MR) is 79.7 cm³/mol. The zero-order valence-electron chi connectivity index (χ0n) is 11.8. The zero-order valence-corrected chi connectivity index (χ0v) is 11.8. The van der Waals surface area contributed by atoms with Crippen LogP contribution in [-0.2, 0) is 9.59 Å². The van der Waals surface area contributed by atoms with Crippen LogP contribution in [0.25, 0.3) is 0 Å². The number of nitrogens with two attached hydrogens (primary N) is 1. The predicted octanol–water partition coefficient (Wildman–Crippen LogP) is 1.11. The number of nitrogens with one attached hydrogen (secondary N) is 2. The van der Waals surface area contributed by atoms with Crippen LogP contribution >= 0.6 is 0 Å². The molecule has 0 radical (unpaired) electrons. The van der Waals surface area contributed by atoms with Crippen molar-refractivity contribution in [2.75, 3.05) is 5.32 Å². The summed E-state index contributed by atoms with van der Waals surface area (Å²) in [6, 6.07) is 6.61. The average molecular weight is 291 g/mol. The Hall–Kier alpha value is -2.08. The number of amides is 2. The number of benzene rings is 1. The number of hydrogen-bond donors (Lipinski definition) is 4. The molecule has 0 aromatic heterocycles. The van der Waals surface area contributed by atoms with Gasteiger partial charge in [-0.15, -0.1) is 0 Å². The Bertz CT molecular complexity index is 519. The first kappa shape index (κ1) is 15.3. The molecule has 2 atom stereocenters. The van der Waals surface area contributed by atoms with E-state index in [1.165, 1.54) is 12.1 Å². The van der Waals surface area contributed by atoms with Gasteiger partial charge in [0.2, 0.25) is 11.8 Å². The molecule has 6 heteroatoms. The summed E-state index contributed by atoms with van der Waals surface area (Å²) >= 11 is 0. The summed E-state index contributed by atoms with van der Waals surface area (Å²) in [5.74, 6) is -0.290. The van der Waals surface area contributed by atoms with E-state index in [2.05, 4.69) is 10.6 Å². The standard InChI is InChI=1S/C15H21N3O3/c16-10-4-5-12(8-10)18-15(21)7-6-14(20)17-11-2-1-3-13(19)9-11/h1-3,9-10,12,19H,4-8,16H2,(H,17,20)(H,18,21)/t10-,12-/m0/s1. The van der Waals surface area contributed by atoms with Gasteiger partial charge < -0.3 is 21.5 Å². The second-order valence-corrected chi connectivity index (χ2v) is 5.44. The molecular weight excluding hydrogens is 270 g/mol. The smallest absolute Gasteiger partial charge is 0.224 e. The first-order valence-corrected chi connectivity index (χ1v) is 7.17. The highest BCUT2D eigenvalue weighted by atomic mass is 16.3. The topological polar surface area (TPSA) is 104 Å². The van der Waals surface area contributed by atoms with Gasteiger partial charge in [0.25, 0.3) is 0 Å². The van der Waals surface area contributed by atoms with Gasteiger partial charge in [-0.1, -0.05) is 6.07 Å². The summed E-state index contributed by atoms with van der Waals surface area (Å²) in [5.41, 5.74) is 6.30. The highest BCUT2D eigenvalue weighted by Crippen LogP contribution is 2.17. The number of hydrogen-bond acceptors (Lipinski definition) is 4. The summed E-state index contributed by atoms with van der Waals surface area (Å²) < 4.78 is 0. The van der Waals surface area contributed by atoms with Gasteiger partial charge in [0.1, 0.15) is 5.75 Å². The quantitative estimate of drug-likeness (QED) is 0.652. The molecule has 2 rings (SSSR count). The number of rotatable bonds is 5. The number of anilines is 1. The van der Waals surface area contributed by atoms with Crippen LogP contribution in [-0.4, -0.2) is 29.0 Å². The van der Waals surface area contributed by atoms with Crippen molar-refractivity contribution in [1.29, 1.82) is 0 Å². The van der Waals surface area contributed by atoms with Crippen molar-refractivity contribution in [3.63, 3.8) is 0 Å². The molecule has 0 bridgehead atoms. The second-order valence-electron chi connectivity index (χ2n) is 5.44. The van der Waals surface area contributed by atoms with E-state index in [-0.39, 0.29) is 42.5 Å². The summed E-state index contributed by atoms with van der Waals surface area (Å²) in [6.07, 6.45) is 2.91. The molecule has 1 fully saturated rings. The molecule has 1 aromatic rings. The lowest BCUT2D eigenvalue weighted by molar-refractivity contribution is -0.124. The minimum absolute atomic E-state index is 0.0862. The number of phenolic OH excluding ortho intramolecular Hbond substituents is 1. The molecule has 114 valence electrons. The average Bonchev–Trinajstić information content (AvgIpc) is 2.82. The number of carbonyl (C=O) groups is 2. The van der Waals surface area contributed by atoms with Crippen molar-refractivity contribution < 1.29 is 14.7 Å². The van der Waals surface area contributed by atoms with Crippen LogP contribution in [0.1, 0.15) is 32.1 Å². The van der Waals surface area contributed by atoms with E-state index in [4.69, 9.17) is 5.73 Å². The number of aromatic hydroxyl groups is 1. The van der Waals surface area contributed by atoms with E-state index in [0.717, 1.165) is 19.3 Å². The largest absolute Gasteiger partial charge is 0.508 e. The maximum atomic E-state index is 11.7. The van der Waals surface area contributed by atoms with Gasteiger partial charge in [0.05, 0.1) is 0 Å². The minimum atomic E-state index is -0.251. The first-order valence-electron chi connectivity index (χ1n) is 7.17. The Morgan fingerprint density at radius 3 is 2.67 bits per heavy atom. The van der Waals surface area contributed by atoms with E-state index >= 15 is 0 Å². The van der Waals surface area contributed by atoms with E-state index in [0.29, 0.717) is 5.69 Å². The van der Waals surface area contributed by atoms with Gasteiger partial charge in [-0.05, 0) is 31.4 Å². The van der Waals surface area contributed by atoms with Crippen molar-refractivity contribution >= 4 is 17.5 Å². The lowest BCUT2D eigenvalue weighted by atomic mass is 10.2. The molecule has 1 aliphatic rings. The number of carbonyl (C=O) groups excluding carboxylic acids is 2. The fraction of sp³-hybridized carbons (Fsp3) is 0.467. The van der Waals surface area contributed by atoms with E-state index in [1.807, 2.05) is 0 Å². The maximum Gasteiger partial charge on any atom is 0.224 e. The van der Waals surface area contributed by atoms with Crippen LogP contribution in [0.15, 0.2) is 24.3 Å². The molecule has 2 amide bonds. The van der Waals surface area contributed by atoms with Crippen LogP contribution in [0.4, 0.5) is 5.69 Å². The fourth-order valence-electron chi connectivity index (χ4n) is 2.48. The molecule has 1 saturated carbocycles. The third kappa shape index (κ3) is 5.07. The molecule has 21 heavy (non-hydrogen) atoms. The van der Waals surface area contributed by atoms with Crippen molar-refractivity contribution in [3.05, 3.63) is 24.3 Å². The Morgan fingerprint density at radius 2 is 2.00 bits per heavy atom. The van der Waals surface area contributed by atoms with Crippen molar-refractivity contribution in [3.8, 4) is 5.75 Å². The van der Waals surface area contributed by atoms with Gasteiger partial charge in [0, 0.05) is 36.7 Å². The maximum absolute atomic E-state index is 11.7. The molecule has 0 saturated heterocycles. The minimum Gasteiger partial charge on any atom is -0.508 e. The Morgan fingerprint density at radius 1 is 1.24 bits per heavy atom. The molecule has 5 N–H and O–H groups in total. The SMILES string of the molecule is N[C@H]1CC[C@H](NC(=O)CCC(=O)Nc2cccc(O)c2)C1. The zero-order chi connectivity index (χ0) is 15.2. The Balaban J connectivity index is 1.70.